The third kappa shape index (κ3) is 2.47. The van der Waals surface area contributed by atoms with Gasteiger partial charge in [0.05, 0.1) is 12.1 Å². The molecule has 0 spiro atoms. The molecule has 1 aliphatic heterocycles. The van der Waals surface area contributed by atoms with Crippen LogP contribution in [0.25, 0.3) is 0 Å². The molecular weight excluding hydrogens is 266 g/mol. The average molecular weight is 285 g/mol. The van der Waals surface area contributed by atoms with Crippen molar-refractivity contribution in [2.75, 3.05) is 6.54 Å². The topological polar surface area (TPSA) is 71.2 Å². The number of aromatic nitrogens is 2. The van der Waals surface area contributed by atoms with Gasteiger partial charge in [0.25, 0.3) is 0 Å². The summed E-state index contributed by atoms with van der Waals surface area (Å²) in [4.78, 5) is 4.57. The number of hydrogen-bond acceptors (Lipinski definition) is 5. The highest BCUT2D eigenvalue weighted by Gasteiger charge is 2.30. The van der Waals surface area contributed by atoms with Gasteiger partial charge < -0.3 is 14.9 Å². The zero-order chi connectivity index (χ0) is 14.2. The Morgan fingerprint density at radius 1 is 1.24 bits per heavy atom. The predicted molar refractivity (Wildman–Crippen MR) is 76.9 cm³/mol. The maximum absolute atomic E-state index is 9.57. The number of β-amino-alcohol motifs (C(OH)–C–C–N with tert-alkyl or cyclic N) is 1. The molecule has 21 heavy (non-hydrogen) atoms. The Morgan fingerprint density at radius 2 is 2.10 bits per heavy atom. The van der Waals surface area contributed by atoms with Gasteiger partial charge in [0.2, 0.25) is 5.89 Å². The Hall–Kier alpha value is -1.72. The van der Waals surface area contributed by atoms with Crippen molar-refractivity contribution in [1.29, 1.82) is 0 Å². The lowest BCUT2D eigenvalue weighted by Crippen LogP contribution is -2.16. The van der Waals surface area contributed by atoms with E-state index in [1.807, 2.05) is 0 Å². The lowest BCUT2D eigenvalue weighted by atomic mass is 9.83. The van der Waals surface area contributed by atoms with E-state index in [-0.39, 0.29) is 12.1 Å². The second-order valence-electron chi connectivity index (χ2n) is 6.05. The van der Waals surface area contributed by atoms with Crippen molar-refractivity contribution in [2.45, 2.75) is 43.7 Å². The molecule has 4 rings (SSSR count). The van der Waals surface area contributed by atoms with Crippen LogP contribution >= 0.6 is 0 Å². The number of benzene rings is 1. The molecule has 1 aromatic carbocycles. The molecule has 1 unspecified atom stereocenters. The molecule has 0 amide bonds. The number of hydrogen-bond donors (Lipinski definition) is 2. The third-order valence-electron chi connectivity index (χ3n) is 4.58. The number of nitrogens with one attached hydrogen (secondary N) is 1. The van der Waals surface area contributed by atoms with Crippen LogP contribution in [-0.4, -0.2) is 27.9 Å². The van der Waals surface area contributed by atoms with Gasteiger partial charge in [0.1, 0.15) is 0 Å². The Morgan fingerprint density at radius 3 is 2.90 bits per heavy atom. The number of nitrogens with zero attached hydrogens (tertiary/aromatic N) is 2. The predicted octanol–water partition coefficient (Wildman–Crippen LogP) is 1.74. The molecular formula is C16H19N3O2. The molecule has 0 bridgehead atoms. The number of fused-ring (bicyclic) bond motifs is 1. The summed E-state index contributed by atoms with van der Waals surface area (Å²) < 4.78 is 5.40. The lowest BCUT2D eigenvalue weighted by molar-refractivity contribution is 0.191. The van der Waals surface area contributed by atoms with Crippen molar-refractivity contribution in [3.05, 3.63) is 47.1 Å². The summed E-state index contributed by atoms with van der Waals surface area (Å²) in [5.41, 5.74) is 2.84. The van der Waals surface area contributed by atoms with E-state index in [1.54, 1.807) is 0 Å². The van der Waals surface area contributed by atoms with Gasteiger partial charge in [0, 0.05) is 12.5 Å². The van der Waals surface area contributed by atoms with Crippen molar-refractivity contribution < 1.29 is 9.63 Å². The Labute approximate surface area is 123 Å². The molecule has 1 fully saturated rings. The van der Waals surface area contributed by atoms with Gasteiger partial charge in [-0.25, -0.2) is 0 Å². The second kappa shape index (κ2) is 5.24. The van der Waals surface area contributed by atoms with E-state index in [9.17, 15) is 5.11 Å². The van der Waals surface area contributed by atoms with Crippen molar-refractivity contribution in [2.24, 2.45) is 0 Å². The molecule has 2 aliphatic rings. The third-order valence-corrected chi connectivity index (χ3v) is 4.58. The normalized spacial score (nSPS) is 28.5. The molecule has 110 valence electrons. The fourth-order valence-corrected chi connectivity index (χ4v) is 3.38. The van der Waals surface area contributed by atoms with Crippen LogP contribution in [0.3, 0.4) is 0 Å². The minimum Gasteiger partial charge on any atom is -0.392 e. The first-order chi connectivity index (χ1) is 10.3. The zero-order valence-electron chi connectivity index (χ0n) is 11.8. The van der Waals surface area contributed by atoms with E-state index in [1.165, 1.54) is 11.1 Å². The van der Waals surface area contributed by atoms with E-state index in [4.69, 9.17) is 4.52 Å². The number of aliphatic hydroxyl groups excluding tert-OH is 1. The van der Waals surface area contributed by atoms with Crippen molar-refractivity contribution >= 4 is 0 Å². The Bertz CT molecular complexity index is 640. The summed E-state index contributed by atoms with van der Waals surface area (Å²) in [6, 6.07) is 8.58. The number of aryl methyl sites for hydroxylation is 1. The van der Waals surface area contributed by atoms with Crippen LogP contribution in [0.5, 0.6) is 0 Å². The summed E-state index contributed by atoms with van der Waals surface area (Å²) in [6.45, 7) is 0.596. The summed E-state index contributed by atoms with van der Waals surface area (Å²) in [7, 11) is 0. The largest absolute Gasteiger partial charge is 0.392 e. The molecule has 0 radical (unpaired) electrons. The van der Waals surface area contributed by atoms with E-state index < -0.39 is 0 Å². The first-order valence-electron chi connectivity index (χ1n) is 7.61. The maximum Gasteiger partial charge on any atom is 0.243 e. The highest BCUT2D eigenvalue weighted by molar-refractivity contribution is 5.31. The molecule has 1 aliphatic carbocycles. The van der Waals surface area contributed by atoms with E-state index in [2.05, 4.69) is 39.7 Å². The van der Waals surface area contributed by atoms with Crippen molar-refractivity contribution in [3.63, 3.8) is 0 Å². The van der Waals surface area contributed by atoms with Crippen LogP contribution in [0.2, 0.25) is 0 Å². The summed E-state index contributed by atoms with van der Waals surface area (Å²) in [5.74, 6) is 1.76. The maximum atomic E-state index is 9.57. The monoisotopic (exact) mass is 285 g/mol. The van der Waals surface area contributed by atoms with Crippen LogP contribution in [0.1, 0.15) is 47.6 Å². The number of aliphatic hydroxyl groups is 1. The van der Waals surface area contributed by atoms with Gasteiger partial charge in [-0.05, 0) is 36.8 Å². The molecule has 2 aromatic rings. The van der Waals surface area contributed by atoms with Crippen molar-refractivity contribution in [3.8, 4) is 0 Å². The Balaban J connectivity index is 1.52. The van der Waals surface area contributed by atoms with Gasteiger partial charge in [-0.2, -0.15) is 4.98 Å². The lowest BCUT2D eigenvalue weighted by Gasteiger charge is -2.21. The van der Waals surface area contributed by atoms with Crippen LogP contribution in [0.4, 0.5) is 0 Å². The van der Waals surface area contributed by atoms with Crippen molar-refractivity contribution in [1.82, 2.24) is 15.5 Å². The minimum atomic E-state index is -0.313. The second-order valence-corrected chi connectivity index (χ2v) is 6.05. The van der Waals surface area contributed by atoms with Crippen LogP contribution in [0.15, 0.2) is 28.8 Å². The first-order valence-corrected chi connectivity index (χ1v) is 7.61. The van der Waals surface area contributed by atoms with E-state index in [0.29, 0.717) is 24.8 Å². The number of rotatable bonds is 2. The minimum absolute atomic E-state index is 0.00266. The first kappa shape index (κ1) is 13.0. The fraction of sp³-hybridized carbons (Fsp3) is 0.500. The molecule has 0 saturated carbocycles. The van der Waals surface area contributed by atoms with Gasteiger partial charge in [-0.3, -0.25) is 0 Å². The molecule has 1 aromatic heterocycles. The Kier molecular flexibility index (Phi) is 3.24. The summed E-state index contributed by atoms with van der Waals surface area (Å²) >= 11 is 0. The van der Waals surface area contributed by atoms with Crippen LogP contribution in [-0.2, 0) is 12.8 Å². The van der Waals surface area contributed by atoms with Gasteiger partial charge in [0.15, 0.2) is 5.82 Å². The van der Waals surface area contributed by atoms with Gasteiger partial charge in [-0.15, -0.1) is 0 Å². The quantitative estimate of drug-likeness (QED) is 0.879. The molecule has 5 nitrogen and oxygen atoms in total. The molecule has 3 atom stereocenters. The molecule has 5 heteroatoms. The zero-order valence-corrected chi connectivity index (χ0v) is 11.8. The fourth-order valence-electron chi connectivity index (χ4n) is 3.38. The summed E-state index contributed by atoms with van der Waals surface area (Å²) in [6.07, 6.45) is 3.46. The highest BCUT2D eigenvalue weighted by Crippen LogP contribution is 2.32. The SMILES string of the molecule is O[C@@H]1CN[C@@H](c2nc(C3CCc4ccccc4C3)no2)C1. The van der Waals surface area contributed by atoms with Gasteiger partial charge >= 0.3 is 0 Å². The van der Waals surface area contributed by atoms with Crippen LogP contribution < -0.4 is 5.32 Å². The van der Waals surface area contributed by atoms with Crippen LogP contribution in [0, 0.1) is 0 Å². The standard InChI is InChI=1S/C16H19N3O2/c20-13-8-14(17-9-13)16-18-15(19-21-16)12-6-5-10-3-1-2-4-11(10)7-12/h1-4,12-14,17,20H,5-9H2/t12?,13-,14+/m0/s1. The highest BCUT2D eigenvalue weighted by atomic mass is 16.5. The molecule has 2 heterocycles. The van der Waals surface area contributed by atoms with E-state index in [0.717, 1.165) is 25.1 Å². The summed E-state index contributed by atoms with van der Waals surface area (Å²) in [5, 5.41) is 17.0. The molecule has 2 N–H and O–H groups in total. The van der Waals surface area contributed by atoms with E-state index >= 15 is 0 Å². The van der Waals surface area contributed by atoms with Gasteiger partial charge in [-0.1, -0.05) is 29.4 Å². The smallest absolute Gasteiger partial charge is 0.243 e. The molecule has 1 saturated heterocycles. The average Bonchev–Trinajstić information content (AvgIpc) is 3.15.